The van der Waals surface area contributed by atoms with Gasteiger partial charge in [0.05, 0.1) is 26.7 Å². The maximum Gasteiger partial charge on any atom is 0.259 e. The van der Waals surface area contributed by atoms with Crippen molar-refractivity contribution in [2.45, 2.75) is 19.8 Å². The van der Waals surface area contributed by atoms with Gasteiger partial charge in [-0.2, -0.15) is 0 Å². The van der Waals surface area contributed by atoms with Gasteiger partial charge in [-0.3, -0.25) is 4.79 Å². The zero-order valence-electron chi connectivity index (χ0n) is 12.1. The fourth-order valence-electron chi connectivity index (χ4n) is 2.14. The molecule has 2 rings (SSSR count). The quantitative estimate of drug-likeness (QED) is 0.904. The lowest BCUT2D eigenvalue weighted by Gasteiger charge is -2.14. The van der Waals surface area contributed by atoms with Gasteiger partial charge in [-0.25, -0.2) is 4.98 Å². The molecule has 0 aliphatic rings. The number of nitrogens with zero attached hydrogens (tertiary/aromatic N) is 1. The minimum Gasteiger partial charge on any atom is -0.493 e. The van der Waals surface area contributed by atoms with Crippen molar-refractivity contribution in [2.24, 2.45) is 0 Å². The summed E-state index contributed by atoms with van der Waals surface area (Å²) >= 11 is 0. The predicted octanol–water partition coefficient (Wildman–Crippen LogP) is 1.90. The van der Waals surface area contributed by atoms with Crippen molar-refractivity contribution in [3.63, 3.8) is 0 Å². The van der Waals surface area contributed by atoms with Gasteiger partial charge in [0.15, 0.2) is 11.5 Å². The molecule has 1 N–H and O–H groups in total. The number of rotatable bonds is 5. The Labute approximate surface area is 116 Å². The first-order valence-electron chi connectivity index (χ1n) is 6.38. The van der Waals surface area contributed by atoms with Crippen LogP contribution in [0.2, 0.25) is 0 Å². The topological polar surface area (TPSA) is 73.4 Å². The summed E-state index contributed by atoms with van der Waals surface area (Å²) in [5, 5.41) is 0.416. The number of methoxy groups -OCH3 is 3. The molecule has 2 aromatic rings. The van der Waals surface area contributed by atoms with Gasteiger partial charge in [0.25, 0.3) is 5.56 Å². The number of aryl methyl sites for hydroxylation is 1. The van der Waals surface area contributed by atoms with E-state index in [9.17, 15) is 4.79 Å². The van der Waals surface area contributed by atoms with E-state index in [-0.39, 0.29) is 5.56 Å². The molecule has 0 aliphatic heterocycles. The van der Waals surface area contributed by atoms with Crippen LogP contribution >= 0.6 is 0 Å². The van der Waals surface area contributed by atoms with Crippen molar-refractivity contribution in [3.05, 3.63) is 22.2 Å². The Hall–Kier alpha value is -2.24. The molecule has 0 saturated heterocycles. The van der Waals surface area contributed by atoms with Crippen LogP contribution < -0.4 is 19.8 Å². The Balaban J connectivity index is 2.85. The summed E-state index contributed by atoms with van der Waals surface area (Å²) in [6, 6.07) is 1.61. The maximum atomic E-state index is 12.2. The zero-order chi connectivity index (χ0) is 14.7. The molecule has 1 aromatic carbocycles. The van der Waals surface area contributed by atoms with Crippen LogP contribution in [-0.2, 0) is 6.42 Å². The van der Waals surface area contributed by atoms with Gasteiger partial charge in [-0.05, 0) is 12.5 Å². The van der Waals surface area contributed by atoms with Gasteiger partial charge in [0, 0.05) is 6.42 Å². The molecule has 0 unspecified atom stereocenters. The lowest BCUT2D eigenvalue weighted by atomic mass is 10.2. The SMILES string of the molecule is CCCc1nc2c(OC)c(OC)c(OC)cc2c(=O)[nH]1. The Morgan fingerprint density at radius 3 is 2.40 bits per heavy atom. The molecule has 20 heavy (non-hydrogen) atoms. The third-order valence-electron chi connectivity index (χ3n) is 3.04. The first-order valence-corrected chi connectivity index (χ1v) is 6.38. The molecule has 0 aliphatic carbocycles. The van der Waals surface area contributed by atoms with E-state index in [4.69, 9.17) is 14.2 Å². The lowest BCUT2D eigenvalue weighted by Crippen LogP contribution is -2.13. The molecule has 0 amide bonds. The van der Waals surface area contributed by atoms with Crippen LogP contribution in [0.4, 0.5) is 0 Å². The number of H-pyrrole nitrogens is 1. The Morgan fingerprint density at radius 2 is 1.85 bits per heavy atom. The highest BCUT2D eigenvalue weighted by Gasteiger charge is 2.19. The highest BCUT2D eigenvalue weighted by molar-refractivity contribution is 5.89. The summed E-state index contributed by atoms with van der Waals surface area (Å²) in [7, 11) is 4.54. The molecule has 6 nitrogen and oxygen atoms in total. The molecule has 6 heteroatoms. The average Bonchev–Trinajstić information content (AvgIpc) is 2.45. The van der Waals surface area contributed by atoms with Crippen LogP contribution in [0.15, 0.2) is 10.9 Å². The van der Waals surface area contributed by atoms with Crippen molar-refractivity contribution in [3.8, 4) is 17.2 Å². The minimum absolute atomic E-state index is 0.210. The Kier molecular flexibility index (Phi) is 4.12. The van der Waals surface area contributed by atoms with Crippen LogP contribution in [-0.4, -0.2) is 31.3 Å². The summed E-state index contributed by atoms with van der Waals surface area (Å²) in [5.41, 5.74) is 0.273. The van der Waals surface area contributed by atoms with Crippen LogP contribution in [0.1, 0.15) is 19.2 Å². The number of hydrogen-bond acceptors (Lipinski definition) is 5. The number of nitrogens with one attached hydrogen (secondary N) is 1. The normalized spacial score (nSPS) is 10.6. The van der Waals surface area contributed by atoms with E-state index in [0.29, 0.717) is 40.4 Å². The largest absolute Gasteiger partial charge is 0.493 e. The molecule has 0 atom stereocenters. The Morgan fingerprint density at radius 1 is 1.15 bits per heavy atom. The van der Waals surface area contributed by atoms with Crippen molar-refractivity contribution in [1.82, 2.24) is 9.97 Å². The van der Waals surface area contributed by atoms with Crippen molar-refractivity contribution < 1.29 is 14.2 Å². The lowest BCUT2D eigenvalue weighted by molar-refractivity contribution is 0.326. The summed E-state index contributed by atoms with van der Waals surface area (Å²) in [5.74, 6) is 1.91. The molecule has 108 valence electrons. The standard InChI is InChI=1S/C14H18N2O4/c1-5-6-10-15-11-8(14(17)16-10)7-9(18-2)12(19-3)13(11)20-4/h7H,5-6H2,1-4H3,(H,15,16,17). The average molecular weight is 278 g/mol. The van der Waals surface area contributed by atoms with Crippen LogP contribution in [0.5, 0.6) is 17.2 Å². The third kappa shape index (κ3) is 2.29. The van der Waals surface area contributed by atoms with E-state index in [1.807, 2.05) is 6.92 Å². The van der Waals surface area contributed by atoms with E-state index < -0.39 is 0 Å². The van der Waals surface area contributed by atoms with Gasteiger partial charge in [-0.1, -0.05) is 6.92 Å². The number of fused-ring (bicyclic) bond motifs is 1. The molecule has 1 aromatic heterocycles. The van der Waals surface area contributed by atoms with Crippen molar-refractivity contribution in [1.29, 1.82) is 0 Å². The molecule has 0 bridgehead atoms. The predicted molar refractivity (Wildman–Crippen MR) is 76.0 cm³/mol. The van der Waals surface area contributed by atoms with Crippen molar-refractivity contribution in [2.75, 3.05) is 21.3 Å². The number of benzene rings is 1. The Bertz CT molecular complexity index is 679. The molecule has 0 saturated carbocycles. The van der Waals surface area contributed by atoms with E-state index in [1.54, 1.807) is 6.07 Å². The molecule has 0 radical (unpaired) electrons. The van der Waals surface area contributed by atoms with Gasteiger partial charge in [-0.15, -0.1) is 0 Å². The fraction of sp³-hybridized carbons (Fsp3) is 0.429. The number of aromatic amines is 1. The van der Waals surface area contributed by atoms with Gasteiger partial charge in [0.2, 0.25) is 5.75 Å². The molecule has 0 spiro atoms. The van der Waals surface area contributed by atoms with Crippen LogP contribution in [0.25, 0.3) is 10.9 Å². The third-order valence-corrected chi connectivity index (χ3v) is 3.04. The smallest absolute Gasteiger partial charge is 0.259 e. The molecular weight excluding hydrogens is 260 g/mol. The minimum atomic E-state index is -0.210. The fourth-order valence-corrected chi connectivity index (χ4v) is 2.14. The second kappa shape index (κ2) is 5.81. The van der Waals surface area contributed by atoms with Crippen LogP contribution in [0, 0.1) is 0 Å². The number of ether oxygens (including phenoxy) is 3. The first-order chi connectivity index (χ1) is 9.65. The molecular formula is C14H18N2O4. The second-order valence-corrected chi connectivity index (χ2v) is 4.30. The highest BCUT2D eigenvalue weighted by Crippen LogP contribution is 2.41. The summed E-state index contributed by atoms with van der Waals surface area (Å²) in [4.78, 5) is 19.4. The maximum absolute atomic E-state index is 12.2. The van der Waals surface area contributed by atoms with Crippen molar-refractivity contribution >= 4 is 10.9 Å². The van der Waals surface area contributed by atoms with E-state index >= 15 is 0 Å². The summed E-state index contributed by atoms with van der Waals surface area (Å²) in [6.07, 6.45) is 1.59. The van der Waals surface area contributed by atoms with Gasteiger partial charge in [0.1, 0.15) is 11.3 Å². The van der Waals surface area contributed by atoms with Gasteiger partial charge < -0.3 is 19.2 Å². The molecule has 1 heterocycles. The number of aromatic nitrogens is 2. The summed E-state index contributed by atoms with van der Waals surface area (Å²) in [6.45, 7) is 2.02. The highest BCUT2D eigenvalue weighted by atomic mass is 16.5. The van der Waals surface area contributed by atoms with E-state index in [2.05, 4.69) is 9.97 Å². The molecule has 0 fully saturated rings. The van der Waals surface area contributed by atoms with E-state index in [1.165, 1.54) is 21.3 Å². The number of hydrogen-bond donors (Lipinski definition) is 1. The van der Waals surface area contributed by atoms with Crippen LogP contribution in [0.3, 0.4) is 0 Å². The first kappa shape index (κ1) is 14.2. The summed E-state index contributed by atoms with van der Waals surface area (Å²) < 4.78 is 15.9. The van der Waals surface area contributed by atoms with Gasteiger partial charge >= 0.3 is 0 Å². The monoisotopic (exact) mass is 278 g/mol. The second-order valence-electron chi connectivity index (χ2n) is 4.30. The zero-order valence-corrected chi connectivity index (χ0v) is 12.1. The van der Waals surface area contributed by atoms with E-state index in [0.717, 1.165) is 6.42 Å².